The van der Waals surface area contributed by atoms with E-state index in [-0.39, 0.29) is 38.7 Å². The molecular formula is C25H26FNO4S. The lowest BCUT2D eigenvalue weighted by atomic mass is 10.1. The van der Waals surface area contributed by atoms with Crippen LogP contribution in [0.15, 0.2) is 65.6 Å². The molecule has 5 nitrogen and oxygen atoms in total. The molecule has 0 fully saturated rings. The van der Waals surface area contributed by atoms with Crippen molar-refractivity contribution in [2.75, 3.05) is 13.2 Å². The first-order chi connectivity index (χ1) is 15.3. The molecule has 4 rings (SSSR count). The van der Waals surface area contributed by atoms with Crippen molar-refractivity contribution in [3.8, 4) is 5.75 Å². The van der Waals surface area contributed by atoms with Crippen LogP contribution in [-0.4, -0.2) is 25.9 Å². The minimum Gasteiger partial charge on any atom is -0.492 e. The number of ether oxygens (including phenoxy) is 2. The zero-order chi connectivity index (χ0) is 22.7. The molecule has 0 bridgehead atoms. The van der Waals surface area contributed by atoms with Crippen molar-refractivity contribution in [2.24, 2.45) is 0 Å². The predicted molar refractivity (Wildman–Crippen MR) is 120 cm³/mol. The van der Waals surface area contributed by atoms with Gasteiger partial charge in [-0.05, 0) is 49.2 Å². The minimum atomic E-state index is -3.67. The fraction of sp³-hybridized carbons (Fsp3) is 0.280. The SMILES string of the molecule is Cc1ccc(S(=O)(=O)N2CCOc3ccc(COCc4ccccc4F)cc3C2)c(C)c1. The highest BCUT2D eigenvalue weighted by Gasteiger charge is 2.29. The molecule has 0 spiro atoms. The summed E-state index contributed by atoms with van der Waals surface area (Å²) in [4.78, 5) is 0.316. The van der Waals surface area contributed by atoms with E-state index in [1.807, 2.05) is 44.2 Å². The molecule has 0 saturated heterocycles. The van der Waals surface area contributed by atoms with Gasteiger partial charge in [0.05, 0.1) is 18.1 Å². The van der Waals surface area contributed by atoms with Gasteiger partial charge < -0.3 is 9.47 Å². The normalized spacial score (nSPS) is 14.5. The van der Waals surface area contributed by atoms with Crippen LogP contribution in [0.2, 0.25) is 0 Å². The lowest BCUT2D eigenvalue weighted by Gasteiger charge is -2.21. The van der Waals surface area contributed by atoms with Crippen LogP contribution in [0.3, 0.4) is 0 Å². The topological polar surface area (TPSA) is 55.8 Å². The second-order valence-electron chi connectivity index (χ2n) is 7.98. The number of rotatable bonds is 6. The lowest BCUT2D eigenvalue weighted by Crippen LogP contribution is -2.33. The van der Waals surface area contributed by atoms with Gasteiger partial charge in [0, 0.05) is 24.2 Å². The Morgan fingerprint density at radius 2 is 1.84 bits per heavy atom. The molecule has 3 aromatic carbocycles. The molecule has 3 aromatic rings. The summed E-state index contributed by atoms with van der Waals surface area (Å²) in [5.74, 6) is 0.372. The summed E-state index contributed by atoms with van der Waals surface area (Å²) in [5.41, 5.74) is 3.89. The van der Waals surface area contributed by atoms with Crippen molar-refractivity contribution in [2.45, 2.75) is 38.5 Å². The summed E-state index contributed by atoms with van der Waals surface area (Å²) in [7, 11) is -3.67. The maximum atomic E-state index is 13.8. The molecule has 1 aliphatic heterocycles. The third-order valence-corrected chi connectivity index (χ3v) is 7.51. The molecule has 0 aliphatic carbocycles. The number of nitrogens with zero attached hydrogens (tertiary/aromatic N) is 1. The molecule has 32 heavy (non-hydrogen) atoms. The number of fused-ring (bicyclic) bond motifs is 1. The van der Waals surface area contributed by atoms with Crippen LogP contribution in [0.4, 0.5) is 4.39 Å². The van der Waals surface area contributed by atoms with Gasteiger partial charge in [0.25, 0.3) is 0 Å². The minimum absolute atomic E-state index is 0.160. The summed E-state index contributed by atoms with van der Waals surface area (Å²) in [5, 5.41) is 0. The lowest BCUT2D eigenvalue weighted by molar-refractivity contribution is 0.105. The molecular weight excluding hydrogens is 429 g/mol. The molecule has 0 amide bonds. The standard InChI is InChI=1S/C25H26FNO4S/c1-18-7-10-25(19(2)13-18)32(28,29)27-11-12-31-24-9-8-20(14-22(24)15-27)16-30-17-21-5-3-4-6-23(21)26/h3-10,13-14H,11-12,15-17H2,1-2H3. The molecule has 168 valence electrons. The van der Waals surface area contributed by atoms with Gasteiger partial charge in [0.1, 0.15) is 18.2 Å². The Labute approximate surface area is 188 Å². The van der Waals surface area contributed by atoms with E-state index in [0.717, 1.165) is 22.3 Å². The highest BCUT2D eigenvalue weighted by molar-refractivity contribution is 7.89. The fourth-order valence-electron chi connectivity index (χ4n) is 3.84. The van der Waals surface area contributed by atoms with Crippen molar-refractivity contribution >= 4 is 10.0 Å². The molecule has 0 N–H and O–H groups in total. The molecule has 0 radical (unpaired) electrons. The molecule has 0 saturated carbocycles. The van der Waals surface area contributed by atoms with Crippen LogP contribution in [0.25, 0.3) is 0 Å². The summed E-state index contributed by atoms with van der Waals surface area (Å²) >= 11 is 0. The van der Waals surface area contributed by atoms with E-state index in [2.05, 4.69) is 0 Å². The zero-order valence-corrected chi connectivity index (χ0v) is 19.0. The van der Waals surface area contributed by atoms with Crippen LogP contribution >= 0.6 is 0 Å². The molecule has 7 heteroatoms. The molecule has 1 aliphatic rings. The Kier molecular flexibility index (Phi) is 6.60. The average Bonchev–Trinajstić information content (AvgIpc) is 2.97. The van der Waals surface area contributed by atoms with Crippen molar-refractivity contribution < 1.29 is 22.3 Å². The van der Waals surface area contributed by atoms with Crippen LogP contribution in [0, 0.1) is 19.7 Å². The zero-order valence-electron chi connectivity index (χ0n) is 18.2. The second kappa shape index (κ2) is 9.40. The van der Waals surface area contributed by atoms with Gasteiger partial charge in [0.15, 0.2) is 0 Å². The monoisotopic (exact) mass is 455 g/mol. The number of aryl methyl sites for hydroxylation is 2. The van der Waals surface area contributed by atoms with Crippen LogP contribution in [-0.2, 0) is 34.5 Å². The van der Waals surface area contributed by atoms with Gasteiger partial charge in [-0.25, -0.2) is 12.8 Å². The van der Waals surface area contributed by atoms with Gasteiger partial charge in [-0.3, -0.25) is 0 Å². The fourth-order valence-corrected chi connectivity index (χ4v) is 5.45. The van der Waals surface area contributed by atoms with Gasteiger partial charge in [-0.15, -0.1) is 0 Å². The van der Waals surface area contributed by atoms with Gasteiger partial charge in [-0.2, -0.15) is 4.31 Å². The highest BCUT2D eigenvalue weighted by atomic mass is 32.2. The van der Waals surface area contributed by atoms with Crippen molar-refractivity contribution in [1.82, 2.24) is 4.31 Å². The van der Waals surface area contributed by atoms with E-state index in [1.165, 1.54) is 10.4 Å². The van der Waals surface area contributed by atoms with Gasteiger partial charge in [0.2, 0.25) is 10.0 Å². The number of sulfonamides is 1. The van der Waals surface area contributed by atoms with E-state index in [0.29, 0.717) is 16.2 Å². The van der Waals surface area contributed by atoms with Crippen LogP contribution < -0.4 is 4.74 Å². The maximum Gasteiger partial charge on any atom is 0.243 e. The Morgan fingerprint density at radius 1 is 1.03 bits per heavy atom. The first kappa shape index (κ1) is 22.5. The number of halogens is 1. The van der Waals surface area contributed by atoms with Crippen LogP contribution in [0.5, 0.6) is 5.75 Å². The molecule has 0 unspecified atom stereocenters. The van der Waals surface area contributed by atoms with Crippen molar-refractivity contribution in [3.05, 3.63) is 94.3 Å². The van der Waals surface area contributed by atoms with E-state index in [4.69, 9.17) is 9.47 Å². The molecule has 1 heterocycles. The Hall–Kier alpha value is -2.74. The van der Waals surface area contributed by atoms with E-state index in [1.54, 1.807) is 24.3 Å². The Morgan fingerprint density at radius 3 is 2.62 bits per heavy atom. The summed E-state index contributed by atoms with van der Waals surface area (Å²) < 4.78 is 53.4. The first-order valence-corrected chi connectivity index (χ1v) is 11.9. The van der Waals surface area contributed by atoms with E-state index in [9.17, 15) is 12.8 Å². The molecule has 0 atom stereocenters. The largest absolute Gasteiger partial charge is 0.492 e. The summed E-state index contributed by atoms with van der Waals surface area (Å²) in [6, 6.07) is 17.5. The van der Waals surface area contributed by atoms with E-state index < -0.39 is 10.0 Å². The van der Waals surface area contributed by atoms with Crippen molar-refractivity contribution in [3.63, 3.8) is 0 Å². The second-order valence-corrected chi connectivity index (χ2v) is 9.89. The van der Waals surface area contributed by atoms with Crippen molar-refractivity contribution in [1.29, 1.82) is 0 Å². The Bertz CT molecular complexity index is 1230. The number of hydrogen-bond donors (Lipinski definition) is 0. The Balaban J connectivity index is 1.51. The van der Waals surface area contributed by atoms with E-state index >= 15 is 0 Å². The highest BCUT2D eigenvalue weighted by Crippen LogP contribution is 2.29. The average molecular weight is 456 g/mol. The summed E-state index contributed by atoms with van der Waals surface area (Å²) in [6.07, 6.45) is 0. The quantitative estimate of drug-likeness (QED) is 0.539. The number of benzene rings is 3. The predicted octanol–water partition coefficient (Wildman–Crippen LogP) is 4.74. The first-order valence-electron chi connectivity index (χ1n) is 10.5. The number of hydrogen-bond acceptors (Lipinski definition) is 4. The smallest absolute Gasteiger partial charge is 0.243 e. The van der Waals surface area contributed by atoms with Gasteiger partial charge >= 0.3 is 0 Å². The van der Waals surface area contributed by atoms with Gasteiger partial charge in [-0.1, -0.05) is 42.0 Å². The molecule has 0 aromatic heterocycles. The third kappa shape index (κ3) is 4.85. The summed E-state index contributed by atoms with van der Waals surface area (Å²) in [6.45, 7) is 4.96. The third-order valence-electron chi connectivity index (χ3n) is 5.50. The van der Waals surface area contributed by atoms with Crippen LogP contribution in [0.1, 0.15) is 27.8 Å². The maximum absolute atomic E-state index is 13.8.